The molecular weight excluding hydrogens is 330 g/mol. The van der Waals surface area contributed by atoms with Crippen LogP contribution in [0.15, 0.2) is 42.5 Å². The summed E-state index contributed by atoms with van der Waals surface area (Å²) < 4.78 is 0. The van der Waals surface area contributed by atoms with Crippen LogP contribution in [0.25, 0.3) is 0 Å². The monoisotopic (exact) mass is 361 g/mol. The Morgan fingerprint density at radius 2 is 1.74 bits per heavy atom. The summed E-state index contributed by atoms with van der Waals surface area (Å²) in [6.07, 6.45) is 3.93. The van der Waals surface area contributed by atoms with Gasteiger partial charge in [-0.1, -0.05) is 63.2 Å². The second-order valence-corrected chi connectivity index (χ2v) is 10.0. The van der Waals surface area contributed by atoms with Gasteiger partial charge in [-0.25, -0.2) is 0 Å². The van der Waals surface area contributed by atoms with E-state index in [-0.39, 0.29) is 5.41 Å². The van der Waals surface area contributed by atoms with Gasteiger partial charge in [0.15, 0.2) is 0 Å². The van der Waals surface area contributed by atoms with Gasteiger partial charge in [-0.2, -0.15) is 0 Å². The number of fused-ring (bicyclic) bond motifs is 3. The number of aliphatic hydroxyl groups is 1. The normalized spacial score (nSPS) is 30.1. The van der Waals surface area contributed by atoms with Gasteiger partial charge in [0.25, 0.3) is 0 Å². The first kappa shape index (κ1) is 17.5. The van der Waals surface area contributed by atoms with Crippen LogP contribution in [-0.2, 0) is 12.8 Å². The second-order valence-electron chi connectivity index (χ2n) is 10.0. The number of nitrogens with zero attached hydrogens (tertiary/aromatic N) is 1. The maximum Gasteiger partial charge on any atom is 0.0726 e. The van der Waals surface area contributed by atoms with Gasteiger partial charge in [0, 0.05) is 25.0 Å². The topological polar surface area (TPSA) is 23.5 Å². The van der Waals surface area contributed by atoms with E-state index in [1.165, 1.54) is 22.3 Å². The zero-order chi connectivity index (χ0) is 18.8. The Hall–Kier alpha value is -1.64. The van der Waals surface area contributed by atoms with Gasteiger partial charge in [0.2, 0.25) is 0 Å². The Labute approximate surface area is 163 Å². The molecule has 2 aromatic rings. The predicted octanol–water partition coefficient (Wildman–Crippen LogP) is 4.84. The number of benzene rings is 2. The summed E-state index contributed by atoms with van der Waals surface area (Å²) in [7, 11) is 0. The van der Waals surface area contributed by atoms with Crippen LogP contribution in [0.2, 0.25) is 0 Å². The fourth-order valence-corrected chi connectivity index (χ4v) is 5.76. The highest BCUT2D eigenvalue weighted by atomic mass is 16.3. The summed E-state index contributed by atoms with van der Waals surface area (Å²) in [5.74, 6) is 0.580. The van der Waals surface area contributed by atoms with Crippen molar-refractivity contribution in [1.82, 2.24) is 4.90 Å². The number of hydrogen-bond donors (Lipinski definition) is 1. The van der Waals surface area contributed by atoms with Crippen LogP contribution in [0.1, 0.15) is 73.4 Å². The van der Waals surface area contributed by atoms with Crippen LogP contribution in [0, 0.1) is 5.41 Å². The summed E-state index contributed by atoms with van der Waals surface area (Å²) in [6, 6.07) is 16.3. The summed E-state index contributed by atoms with van der Waals surface area (Å²) in [5.41, 5.74) is 6.92. The lowest BCUT2D eigenvalue weighted by atomic mass is 9.66. The quantitative estimate of drug-likeness (QED) is 0.725. The van der Waals surface area contributed by atoms with Crippen LogP contribution in [0.3, 0.4) is 0 Å². The van der Waals surface area contributed by atoms with E-state index in [0.29, 0.717) is 12.0 Å². The summed E-state index contributed by atoms with van der Waals surface area (Å²) in [6.45, 7) is 8.70. The first-order valence-electron chi connectivity index (χ1n) is 10.5. The summed E-state index contributed by atoms with van der Waals surface area (Å²) in [5, 5.41) is 11.4. The Balaban J connectivity index is 1.60. The van der Waals surface area contributed by atoms with Gasteiger partial charge in [0.05, 0.1) is 5.60 Å². The Morgan fingerprint density at radius 3 is 2.52 bits per heavy atom. The number of piperidine rings is 1. The minimum Gasteiger partial charge on any atom is -0.389 e. The van der Waals surface area contributed by atoms with E-state index in [2.05, 4.69) is 68.1 Å². The molecule has 0 bridgehead atoms. The summed E-state index contributed by atoms with van der Waals surface area (Å²) in [4.78, 5) is 2.66. The van der Waals surface area contributed by atoms with Crippen molar-refractivity contribution >= 4 is 0 Å². The smallest absolute Gasteiger partial charge is 0.0726 e. The zero-order valence-corrected chi connectivity index (χ0v) is 16.8. The van der Waals surface area contributed by atoms with E-state index >= 15 is 0 Å². The molecule has 2 heteroatoms. The third-order valence-corrected chi connectivity index (χ3v) is 7.60. The first-order chi connectivity index (χ1) is 12.9. The SMILES string of the molecule is CC(C)(C)C1(O)CCN2C[C@H]3Cc4ccccc4Cc4cccc(c43)C2C1. The van der Waals surface area contributed by atoms with E-state index in [0.717, 1.165) is 38.8 Å². The van der Waals surface area contributed by atoms with Crippen molar-refractivity contribution in [2.45, 2.75) is 64.0 Å². The second kappa shape index (κ2) is 5.93. The molecule has 2 aromatic carbocycles. The van der Waals surface area contributed by atoms with E-state index < -0.39 is 5.60 Å². The maximum atomic E-state index is 11.4. The molecule has 2 nitrogen and oxygen atoms in total. The van der Waals surface area contributed by atoms with Gasteiger partial charge < -0.3 is 5.11 Å². The zero-order valence-electron chi connectivity index (χ0n) is 16.8. The molecule has 2 heterocycles. The standard InChI is InChI=1S/C25H31NO/c1-24(2,3)25(27)11-12-26-16-20-14-18-8-5-4-7-17(18)13-19-9-6-10-21(23(19)20)22(26)15-25/h4-10,20,22,27H,11-16H2,1-3H3/t20-,22?,25?/m1/s1. The minimum atomic E-state index is -0.586. The van der Waals surface area contributed by atoms with E-state index in [4.69, 9.17) is 0 Å². The third-order valence-electron chi connectivity index (χ3n) is 7.60. The van der Waals surface area contributed by atoms with Crippen LogP contribution in [-0.4, -0.2) is 28.7 Å². The average Bonchev–Trinajstić information content (AvgIpc) is 2.79. The molecule has 2 aliphatic heterocycles. The number of rotatable bonds is 0. The van der Waals surface area contributed by atoms with Crippen LogP contribution in [0.4, 0.5) is 0 Å². The van der Waals surface area contributed by atoms with Crippen molar-refractivity contribution in [3.05, 3.63) is 70.3 Å². The van der Waals surface area contributed by atoms with Crippen molar-refractivity contribution in [2.24, 2.45) is 5.41 Å². The third kappa shape index (κ3) is 2.68. The van der Waals surface area contributed by atoms with Gasteiger partial charge in [0.1, 0.15) is 0 Å². The molecule has 1 saturated heterocycles. The van der Waals surface area contributed by atoms with E-state index in [9.17, 15) is 5.11 Å². The highest BCUT2D eigenvalue weighted by Crippen LogP contribution is 2.51. The molecule has 0 aromatic heterocycles. The Kier molecular flexibility index (Phi) is 3.83. The fraction of sp³-hybridized carbons (Fsp3) is 0.520. The van der Waals surface area contributed by atoms with E-state index in [1.807, 2.05) is 0 Å². The fourth-order valence-electron chi connectivity index (χ4n) is 5.76. The van der Waals surface area contributed by atoms with Gasteiger partial charge >= 0.3 is 0 Å². The van der Waals surface area contributed by atoms with Crippen molar-refractivity contribution < 1.29 is 5.11 Å². The molecule has 3 atom stereocenters. The van der Waals surface area contributed by atoms with Crippen molar-refractivity contribution in [2.75, 3.05) is 13.1 Å². The lowest BCUT2D eigenvalue weighted by Gasteiger charge is -2.53. The molecule has 0 amide bonds. The maximum absolute atomic E-state index is 11.4. The highest BCUT2D eigenvalue weighted by Gasteiger charge is 2.49. The highest BCUT2D eigenvalue weighted by molar-refractivity contribution is 5.49. The summed E-state index contributed by atoms with van der Waals surface area (Å²) >= 11 is 0. The lowest BCUT2D eigenvalue weighted by molar-refractivity contribution is -0.120. The van der Waals surface area contributed by atoms with E-state index in [1.54, 1.807) is 5.56 Å². The molecule has 142 valence electrons. The van der Waals surface area contributed by atoms with Crippen molar-refractivity contribution in [3.63, 3.8) is 0 Å². The molecule has 0 spiro atoms. The molecule has 0 radical (unpaired) electrons. The van der Waals surface area contributed by atoms with Crippen LogP contribution >= 0.6 is 0 Å². The molecule has 27 heavy (non-hydrogen) atoms. The van der Waals surface area contributed by atoms with Crippen molar-refractivity contribution in [1.29, 1.82) is 0 Å². The van der Waals surface area contributed by atoms with Gasteiger partial charge in [-0.05, 0) is 58.9 Å². The molecule has 1 fully saturated rings. The Morgan fingerprint density at radius 1 is 1.00 bits per heavy atom. The largest absolute Gasteiger partial charge is 0.389 e. The minimum absolute atomic E-state index is 0.0854. The molecule has 1 aliphatic carbocycles. The first-order valence-corrected chi connectivity index (χ1v) is 10.5. The number of hydrogen-bond acceptors (Lipinski definition) is 2. The van der Waals surface area contributed by atoms with Crippen LogP contribution in [0.5, 0.6) is 0 Å². The average molecular weight is 362 g/mol. The lowest BCUT2D eigenvalue weighted by Crippen LogP contribution is -2.55. The molecule has 2 unspecified atom stereocenters. The van der Waals surface area contributed by atoms with Crippen LogP contribution < -0.4 is 0 Å². The Bertz CT molecular complexity index is 880. The van der Waals surface area contributed by atoms with Gasteiger partial charge in [-0.15, -0.1) is 0 Å². The van der Waals surface area contributed by atoms with Crippen molar-refractivity contribution in [3.8, 4) is 0 Å². The molecule has 0 saturated carbocycles. The molecule has 1 N–H and O–H groups in total. The predicted molar refractivity (Wildman–Crippen MR) is 110 cm³/mol. The van der Waals surface area contributed by atoms with Gasteiger partial charge in [-0.3, -0.25) is 4.90 Å². The molecular formula is C25H31NO. The molecule has 3 aliphatic rings. The molecule has 5 rings (SSSR count).